The van der Waals surface area contributed by atoms with Crippen LogP contribution in [-0.2, 0) is 0 Å². The highest BCUT2D eigenvalue weighted by atomic mass is 79.9. The molecule has 2 aromatic rings. The Labute approximate surface area is 81.7 Å². The molecule has 0 aliphatic carbocycles. The third-order valence-corrected chi connectivity index (χ3v) is 2.13. The first-order valence-electron chi connectivity index (χ1n) is 3.49. The Morgan fingerprint density at radius 3 is 2.85 bits per heavy atom. The van der Waals surface area contributed by atoms with E-state index in [4.69, 9.17) is 4.42 Å². The molecule has 0 aliphatic heterocycles. The fraction of sp³-hybridized carbons (Fsp3) is 0. The molecule has 1 aromatic carbocycles. The third kappa shape index (κ3) is 1.60. The van der Waals surface area contributed by atoms with Crippen LogP contribution in [-0.4, -0.2) is 10.2 Å². The van der Waals surface area contributed by atoms with Crippen molar-refractivity contribution in [3.63, 3.8) is 0 Å². The van der Waals surface area contributed by atoms with E-state index < -0.39 is 0 Å². The van der Waals surface area contributed by atoms with E-state index in [1.807, 2.05) is 0 Å². The second-order valence-corrected chi connectivity index (χ2v) is 3.23. The van der Waals surface area contributed by atoms with Crippen molar-refractivity contribution < 1.29 is 8.81 Å². The normalized spacial score (nSPS) is 10.3. The van der Waals surface area contributed by atoms with Crippen molar-refractivity contribution >= 4 is 15.9 Å². The third-order valence-electron chi connectivity index (χ3n) is 1.53. The topological polar surface area (TPSA) is 38.9 Å². The molecule has 13 heavy (non-hydrogen) atoms. The fourth-order valence-corrected chi connectivity index (χ4v) is 1.31. The summed E-state index contributed by atoms with van der Waals surface area (Å²) in [5.41, 5.74) is 0.686. The van der Waals surface area contributed by atoms with Gasteiger partial charge in [0.1, 0.15) is 5.82 Å². The zero-order valence-electron chi connectivity index (χ0n) is 6.37. The van der Waals surface area contributed by atoms with Gasteiger partial charge in [-0.25, -0.2) is 4.39 Å². The second kappa shape index (κ2) is 3.26. The van der Waals surface area contributed by atoms with Crippen LogP contribution in [0.4, 0.5) is 4.39 Å². The molecule has 0 saturated carbocycles. The molecular weight excluding hydrogens is 239 g/mol. The molecule has 0 aliphatic rings. The molecule has 0 saturated heterocycles. The predicted molar refractivity (Wildman–Crippen MR) is 47.4 cm³/mol. The monoisotopic (exact) mass is 242 g/mol. The Morgan fingerprint density at radius 1 is 1.38 bits per heavy atom. The maximum absolute atomic E-state index is 12.8. The van der Waals surface area contributed by atoms with Crippen LogP contribution in [0.3, 0.4) is 0 Å². The fourth-order valence-electron chi connectivity index (χ4n) is 0.928. The van der Waals surface area contributed by atoms with Gasteiger partial charge in [0.05, 0.1) is 4.47 Å². The van der Waals surface area contributed by atoms with E-state index in [1.54, 1.807) is 12.1 Å². The largest absolute Gasteiger partial charge is 0.423 e. The van der Waals surface area contributed by atoms with Crippen molar-refractivity contribution in [2.45, 2.75) is 0 Å². The van der Waals surface area contributed by atoms with E-state index in [9.17, 15) is 4.39 Å². The van der Waals surface area contributed by atoms with E-state index in [0.717, 1.165) is 0 Å². The Balaban J connectivity index is 2.49. The van der Waals surface area contributed by atoms with E-state index in [0.29, 0.717) is 15.9 Å². The first-order valence-corrected chi connectivity index (χ1v) is 4.28. The van der Waals surface area contributed by atoms with Crippen LogP contribution in [0.1, 0.15) is 0 Å². The van der Waals surface area contributed by atoms with E-state index >= 15 is 0 Å². The molecule has 0 N–H and O–H groups in total. The number of hydrogen-bond donors (Lipinski definition) is 0. The van der Waals surface area contributed by atoms with Gasteiger partial charge in [-0.3, -0.25) is 0 Å². The smallest absolute Gasteiger partial charge is 0.247 e. The molecule has 3 nitrogen and oxygen atoms in total. The van der Waals surface area contributed by atoms with Gasteiger partial charge in [0, 0.05) is 5.56 Å². The molecule has 0 spiro atoms. The summed E-state index contributed by atoms with van der Waals surface area (Å²) < 4.78 is 18.2. The van der Waals surface area contributed by atoms with Crippen LogP contribution in [0.25, 0.3) is 11.5 Å². The average molecular weight is 243 g/mol. The highest BCUT2D eigenvalue weighted by Gasteiger charge is 2.05. The Morgan fingerprint density at radius 2 is 2.23 bits per heavy atom. The lowest BCUT2D eigenvalue weighted by atomic mass is 10.2. The number of aromatic nitrogens is 2. The maximum atomic E-state index is 12.8. The van der Waals surface area contributed by atoms with Gasteiger partial charge < -0.3 is 4.42 Å². The van der Waals surface area contributed by atoms with Crippen molar-refractivity contribution in [2.24, 2.45) is 0 Å². The van der Waals surface area contributed by atoms with Gasteiger partial charge in [-0.2, -0.15) is 0 Å². The summed E-state index contributed by atoms with van der Waals surface area (Å²) in [6, 6.07) is 4.50. The van der Waals surface area contributed by atoms with E-state index in [-0.39, 0.29) is 5.82 Å². The molecule has 0 unspecified atom stereocenters. The van der Waals surface area contributed by atoms with Crippen molar-refractivity contribution in [1.82, 2.24) is 10.2 Å². The minimum atomic E-state index is -0.316. The number of hydrogen-bond acceptors (Lipinski definition) is 3. The molecule has 5 heteroatoms. The predicted octanol–water partition coefficient (Wildman–Crippen LogP) is 2.64. The standard InChI is InChI=1S/C8H4BrFN2O/c9-6-3-5(1-2-7(6)10)8-12-11-4-13-8/h1-4H. The SMILES string of the molecule is Fc1ccc(-c2nnco2)cc1Br. The summed E-state index contributed by atoms with van der Waals surface area (Å²) in [7, 11) is 0. The molecule has 0 atom stereocenters. The van der Waals surface area contributed by atoms with Crippen LogP contribution in [0.15, 0.2) is 33.5 Å². The van der Waals surface area contributed by atoms with Gasteiger partial charge >= 0.3 is 0 Å². The number of halogens is 2. The van der Waals surface area contributed by atoms with Crippen molar-refractivity contribution in [3.05, 3.63) is 34.9 Å². The van der Waals surface area contributed by atoms with Crippen molar-refractivity contribution in [3.8, 4) is 11.5 Å². The summed E-state index contributed by atoms with van der Waals surface area (Å²) in [6.45, 7) is 0. The van der Waals surface area contributed by atoms with E-state index in [1.165, 1.54) is 12.5 Å². The quantitative estimate of drug-likeness (QED) is 0.772. The maximum Gasteiger partial charge on any atom is 0.247 e. The van der Waals surface area contributed by atoms with Crippen LogP contribution in [0.2, 0.25) is 0 Å². The van der Waals surface area contributed by atoms with Gasteiger partial charge in [0.15, 0.2) is 0 Å². The second-order valence-electron chi connectivity index (χ2n) is 2.37. The lowest BCUT2D eigenvalue weighted by molar-refractivity contribution is 0.568. The summed E-state index contributed by atoms with van der Waals surface area (Å²) >= 11 is 3.07. The molecule has 0 bridgehead atoms. The number of benzene rings is 1. The molecule has 1 heterocycles. The summed E-state index contributed by atoms with van der Waals surface area (Å²) in [5, 5.41) is 7.22. The Kier molecular flexibility index (Phi) is 2.10. The molecule has 0 radical (unpaired) electrons. The minimum absolute atomic E-state index is 0.316. The Bertz CT molecular complexity index is 416. The first kappa shape index (κ1) is 8.37. The van der Waals surface area contributed by atoms with Crippen LogP contribution >= 0.6 is 15.9 Å². The molecule has 1 aromatic heterocycles. The van der Waals surface area contributed by atoms with Crippen LogP contribution in [0, 0.1) is 5.82 Å². The molecular formula is C8H4BrFN2O. The van der Waals surface area contributed by atoms with Gasteiger partial charge in [0.2, 0.25) is 12.3 Å². The van der Waals surface area contributed by atoms with Crippen molar-refractivity contribution in [1.29, 1.82) is 0 Å². The number of nitrogens with zero attached hydrogens (tertiary/aromatic N) is 2. The minimum Gasteiger partial charge on any atom is -0.423 e. The lowest BCUT2D eigenvalue weighted by Crippen LogP contribution is -1.81. The first-order chi connectivity index (χ1) is 6.27. The summed E-state index contributed by atoms with van der Waals surface area (Å²) in [5.74, 6) is 0.0592. The van der Waals surface area contributed by atoms with Gasteiger partial charge in [-0.1, -0.05) is 0 Å². The van der Waals surface area contributed by atoms with E-state index in [2.05, 4.69) is 26.1 Å². The molecule has 0 fully saturated rings. The van der Waals surface area contributed by atoms with Crippen molar-refractivity contribution in [2.75, 3.05) is 0 Å². The highest BCUT2D eigenvalue weighted by molar-refractivity contribution is 9.10. The molecule has 2 rings (SSSR count). The number of rotatable bonds is 1. The van der Waals surface area contributed by atoms with Gasteiger partial charge in [0.25, 0.3) is 0 Å². The lowest BCUT2D eigenvalue weighted by Gasteiger charge is -1.96. The molecule has 0 amide bonds. The van der Waals surface area contributed by atoms with Crippen LogP contribution < -0.4 is 0 Å². The zero-order chi connectivity index (χ0) is 9.26. The molecule has 66 valence electrons. The average Bonchev–Trinajstić information content (AvgIpc) is 2.62. The zero-order valence-corrected chi connectivity index (χ0v) is 7.95. The summed E-state index contributed by atoms with van der Waals surface area (Å²) in [6.07, 6.45) is 1.23. The summed E-state index contributed by atoms with van der Waals surface area (Å²) in [4.78, 5) is 0. The van der Waals surface area contributed by atoms with Gasteiger partial charge in [-0.15, -0.1) is 10.2 Å². The Hall–Kier alpha value is -1.23. The van der Waals surface area contributed by atoms with Gasteiger partial charge in [-0.05, 0) is 34.1 Å². The van der Waals surface area contributed by atoms with Crippen LogP contribution in [0.5, 0.6) is 0 Å². The highest BCUT2D eigenvalue weighted by Crippen LogP contribution is 2.23.